The number of ether oxygens (including phenoxy) is 1. The van der Waals surface area contributed by atoms with Crippen molar-refractivity contribution in [3.8, 4) is 16.9 Å². The topological polar surface area (TPSA) is 9.23 Å². The number of hydrogen-bond acceptors (Lipinski definition) is 1. The van der Waals surface area contributed by atoms with Gasteiger partial charge in [0.1, 0.15) is 0 Å². The first-order valence-corrected chi connectivity index (χ1v) is 6.55. The second-order valence-corrected chi connectivity index (χ2v) is 5.22. The molecule has 2 rings (SSSR count). The Morgan fingerprint density at radius 1 is 1.00 bits per heavy atom. The fourth-order valence-corrected chi connectivity index (χ4v) is 1.80. The minimum absolute atomic E-state index is 0.307. The number of hydrogen-bond donors (Lipinski definition) is 0. The van der Waals surface area contributed by atoms with Gasteiger partial charge in [0.25, 0.3) is 0 Å². The van der Waals surface area contributed by atoms with E-state index in [9.17, 15) is 4.39 Å². The summed E-state index contributed by atoms with van der Waals surface area (Å²) < 4.78 is 19.4. The Balaban J connectivity index is 2.21. The Bertz CT molecular complexity index is 544. The Kier molecular flexibility index (Phi) is 4.20. The van der Waals surface area contributed by atoms with Gasteiger partial charge in [0.15, 0.2) is 11.6 Å². The summed E-state index contributed by atoms with van der Waals surface area (Å²) in [5, 5.41) is 0. The summed E-state index contributed by atoms with van der Waals surface area (Å²) in [6.45, 7) is 6.64. The van der Waals surface area contributed by atoms with Crippen molar-refractivity contribution in [1.29, 1.82) is 0 Å². The highest BCUT2D eigenvalue weighted by Gasteiger charge is 2.07. The Labute approximate surface area is 114 Å². The summed E-state index contributed by atoms with van der Waals surface area (Å²) in [7, 11) is 0. The highest BCUT2D eigenvalue weighted by atomic mass is 19.1. The number of benzene rings is 2. The summed E-state index contributed by atoms with van der Waals surface area (Å²) in [6.07, 6.45) is 0. The van der Waals surface area contributed by atoms with Gasteiger partial charge in [0.2, 0.25) is 0 Å². The maximum Gasteiger partial charge on any atom is 0.165 e. The minimum atomic E-state index is -0.307. The van der Waals surface area contributed by atoms with E-state index in [1.54, 1.807) is 6.07 Å². The fraction of sp³-hybridized carbons (Fsp3) is 0.294. The zero-order valence-corrected chi connectivity index (χ0v) is 11.6. The molecule has 0 aliphatic rings. The van der Waals surface area contributed by atoms with Crippen LogP contribution in [0, 0.1) is 18.7 Å². The minimum Gasteiger partial charge on any atom is -0.490 e. The van der Waals surface area contributed by atoms with Crippen molar-refractivity contribution < 1.29 is 9.13 Å². The lowest BCUT2D eigenvalue weighted by Crippen LogP contribution is -2.05. The SMILES string of the molecule is Cc1ccc(-c2ccc(OCC(C)C)c(F)c2)cc1. The van der Waals surface area contributed by atoms with Crippen molar-refractivity contribution in [2.24, 2.45) is 5.92 Å². The zero-order chi connectivity index (χ0) is 13.8. The highest BCUT2D eigenvalue weighted by molar-refractivity contribution is 5.64. The van der Waals surface area contributed by atoms with Gasteiger partial charge in [0, 0.05) is 0 Å². The van der Waals surface area contributed by atoms with Crippen LogP contribution in [0.4, 0.5) is 4.39 Å². The lowest BCUT2D eigenvalue weighted by molar-refractivity contribution is 0.259. The van der Waals surface area contributed by atoms with Crippen LogP contribution in [-0.4, -0.2) is 6.61 Å². The van der Waals surface area contributed by atoms with E-state index in [1.165, 1.54) is 11.6 Å². The van der Waals surface area contributed by atoms with Crippen molar-refractivity contribution in [3.05, 3.63) is 53.8 Å². The van der Waals surface area contributed by atoms with Gasteiger partial charge in [-0.15, -0.1) is 0 Å². The lowest BCUT2D eigenvalue weighted by Gasteiger charge is -2.10. The summed E-state index contributed by atoms with van der Waals surface area (Å²) in [5.74, 6) is 0.402. The van der Waals surface area contributed by atoms with E-state index >= 15 is 0 Å². The van der Waals surface area contributed by atoms with E-state index in [0.29, 0.717) is 18.3 Å². The van der Waals surface area contributed by atoms with Crippen molar-refractivity contribution in [2.45, 2.75) is 20.8 Å². The molecule has 0 unspecified atom stereocenters. The van der Waals surface area contributed by atoms with Gasteiger partial charge in [0.05, 0.1) is 6.61 Å². The molecule has 0 N–H and O–H groups in total. The maximum atomic E-state index is 13.9. The third-order valence-corrected chi connectivity index (χ3v) is 2.89. The maximum absolute atomic E-state index is 13.9. The van der Waals surface area contributed by atoms with E-state index in [4.69, 9.17) is 4.74 Å². The van der Waals surface area contributed by atoms with Gasteiger partial charge >= 0.3 is 0 Å². The zero-order valence-electron chi connectivity index (χ0n) is 11.6. The molecule has 2 aromatic carbocycles. The van der Waals surface area contributed by atoms with Gasteiger partial charge in [-0.25, -0.2) is 4.39 Å². The summed E-state index contributed by atoms with van der Waals surface area (Å²) in [4.78, 5) is 0. The molecule has 100 valence electrons. The summed E-state index contributed by atoms with van der Waals surface area (Å²) in [5.41, 5.74) is 3.08. The molecule has 0 amide bonds. The number of halogens is 1. The van der Waals surface area contributed by atoms with Crippen molar-refractivity contribution in [2.75, 3.05) is 6.61 Å². The standard InChI is InChI=1S/C17H19FO/c1-12(2)11-19-17-9-8-15(10-16(17)18)14-6-4-13(3)5-7-14/h4-10,12H,11H2,1-3H3. The highest BCUT2D eigenvalue weighted by Crippen LogP contribution is 2.26. The van der Waals surface area contributed by atoms with Crippen LogP contribution in [-0.2, 0) is 0 Å². The molecule has 0 heterocycles. The Morgan fingerprint density at radius 2 is 1.63 bits per heavy atom. The van der Waals surface area contributed by atoms with E-state index in [-0.39, 0.29) is 5.82 Å². The molecule has 0 radical (unpaired) electrons. The summed E-state index contributed by atoms with van der Waals surface area (Å²) >= 11 is 0. The fourth-order valence-electron chi connectivity index (χ4n) is 1.80. The second kappa shape index (κ2) is 5.87. The Morgan fingerprint density at radius 3 is 2.21 bits per heavy atom. The van der Waals surface area contributed by atoms with Gasteiger partial charge < -0.3 is 4.74 Å². The van der Waals surface area contributed by atoms with Crippen LogP contribution < -0.4 is 4.74 Å². The molecule has 19 heavy (non-hydrogen) atoms. The molecular weight excluding hydrogens is 239 g/mol. The molecule has 0 aliphatic carbocycles. The predicted molar refractivity (Wildman–Crippen MR) is 76.9 cm³/mol. The van der Waals surface area contributed by atoms with Crippen molar-refractivity contribution >= 4 is 0 Å². The van der Waals surface area contributed by atoms with Crippen LogP contribution >= 0.6 is 0 Å². The molecular formula is C17H19FO. The van der Waals surface area contributed by atoms with Crippen LogP contribution in [0.1, 0.15) is 19.4 Å². The second-order valence-electron chi connectivity index (χ2n) is 5.22. The molecule has 0 saturated carbocycles. The lowest BCUT2D eigenvalue weighted by atomic mass is 10.0. The molecule has 0 bridgehead atoms. The molecule has 2 heteroatoms. The van der Waals surface area contributed by atoms with Crippen LogP contribution in [0.3, 0.4) is 0 Å². The smallest absolute Gasteiger partial charge is 0.165 e. The molecule has 1 nitrogen and oxygen atoms in total. The normalized spacial score (nSPS) is 10.8. The molecule has 0 aliphatic heterocycles. The number of rotatable bonds is 4. The molecule has 0 spiro atoms. The van der Waals surface area contributed by atoms with Gasteiger partial charge in [-0.1, -0.05) is 49.7 Å². The van der Waals surface area contributed by atoms with E-state index in [0.717, 1.165) is 11.1 Å². The average molecular weight is 258 g/mol. The van der Waals surface area contributed by atoms with E-state index in [2.05, 4.69) is 0 Å². The van der Waals surface area contributed by atoms with Gasteiger partial charge in [-0.05, 0) is 36.1 Å². The van der Waals surface area contributed by atoms with Crippen LogP contribution in [0.2, 0.25) is 0 Å². The summed E-state index contributed by atoms with van der Waals surface area (Å²) in [6, 6.07) is 13.2. The molecule has 2 aromatic rings. The van der Waals surface area contributed by atoms with Crippen molar-refractivity contribution in [1.82, 2.24) is 0 Å². The first-order chi connectivity index (χ1) is 9.06. The van der Waals surface area contributed by atoms with Crippen molar-refractivity contribution in [3.63, 3.8) is 0 Å². The number of aryl methyl sites for hydroxylation is 1. The third-order valence-electron chi connectivity index (χ3n) is 2.89. The quantitative estimate of drug-likeness (QED) is 0.762. The van der Waals surface area contributed by atoms with Crippen LogP contribution in [0.5, 0.6) is 5.75 Å². The molecule has 0 atom stereocenters. The third kappa shape index (κ3) is 3.57. The Hall–Kier alpha value is -1.83. The van der Waals surface area contributed by atoms with Gasteiger partial charge in [-0.2, -0.15) is 0 Å². The van der Waals surface area contributed by atoms with E-state index in [1.807, 2.05) is 51.1 Å². The molecule has 0 saturated heterocycles. The van der Waals surface area contributed by atoms with Crippen LogP contribution in [0.25, 0.3) is 11.1 Å². The predicted octanol–water partition coefficient (Wildman–Crippen LogP) is 4.84. The first-order valence-electron chi connectivity index (χ1n) is 6.55. The monoisotopic (exact) mass is 258 g/mol. The van der Waals surface area contributed by atoms with E-state index < -0.39 is 0 Å². The molecule has 0 fully saturated rings. The van der Waals surface area contributed by atoms with Gasteiger partial charge in [-0.3, -0.25) is 0 Å². The largest absolute Gasteiger partial charge is 0.490 e. The first kappa shape index (κ1) is 13.6. The van der Waals surface area contributed by atoms with Crippen LogP contribution in [0.15, 0.2) is 42.5 Å². The molecule has 0 aromatic heterocycles. The average Bonchev–Trinajstić information content (AvgIpc) is 2.38.